The van der Waals surface area contributed by atoms with Crippen LogP contribution in [-0.4, -0.2) is 26.5 Å². The highest BCUT2D eigenvalue weighted by Gasteiger charge is 2.32. The minimum absolute atomic E-state index is 0.0613. The second-order valence-electron chi connectivity index (χ2n) is 4.54. The molecule has 18 heavy (non-hydrogen) atoms. The fourth-order valence-corrected chi connectivity index (χ4v) is 5.16. The molecule has 2 rings (SSSR count). The van der Waals surface area contributed by atoms with Gasteiger partial charge in [0.2, 0.25) is 0 Å². The van der Waals surface area contributed by atoms with E-state index in [0.717, 1.165) is 11.3 Å². The van der Waals surface area contributed by atoms with Crippen molar-refractivity contribution in [2.45, 2.75) is 35.6 Å². The molecule has 2 heterocycles. The summed E-state index contributed by atoms with van der Waals surface area (Å²) in [5.41, 5.74) is 9.85. The minimum atomic E-state index is 0.0613. The first-order valence-electron chi connectivity index (χ1n) is 6.07. The highest BCUT2D eigenvalue weighted by molar-refractivity contribution is 8.07. The molecular formula is C12H20N4S2. The first-order valence-corrected chi connectivity index (χ1v) is 8.06. The Bertz CT molecular complexity index is 401. The van der Waals surface area contributed by atoms with Crippen LogP contribution >= 0.6 is 23.5 Å². The van der Waals surface area contributed by atoms with Crippen LogP contribution in [0, 0.1) is 0 Å². The van der Waals surface area contributed by atoms with Gasteiger partial charge >= 0.3 is 0 Å². The third kappa shape index (κ3) is 2.93. The van der Waals surface area contributed by atoms with Crippen molar-refractivity contribution in [2.75, 3.05) is 11.5 Å². The zero-order valence-corrected chi connectivity index (χ0v) is 12.3. The lowest BCUT2D eigenvalue weighted by Crippen LogP contribution is -2.40. The molecule has 1 aromatic heterocycles. The van der Waals surface area contributed by atoms with Crippen LogP contribution in [-0.2, 0) is 0 Å². The van der Waals surface area contributed by atoms with Crippen molar-refractivity contribution in [2.24, 2.45) is 5.84 Å². The van der Waals surface area contributed by atoms with Crippen molar-refractivity contribution in [3.8, 4) is 0 Å². The zero-order valence-electron chi connectivity index (χ0n) is 10.7. The Kier molecular flexibility index (Phi) is 4.77. The van der Waals surface area contributed by atoms with Crippen LogP contribution in [0.15, 0.2) is 18.3 Å². The minimum Gasteiger partial charge on any atom is -0.383 e. The SMILES string of the molecule is CC1SCC(C(NN)c2cccnc2N)SC1C. The predicted octanol–water partition coefficient (Wildman–Crippen LogP) is 1.79. The average Bonchev–Trinajstić information content (AvgIpc) is 2.37. The number of nitrogen functional groups attached to an aromatic ring is 1. The molecule has 5 N–H and O–H groups in total. The summed E-state index contributed by atoms with van der Waals surface area (Å²) in [6.07, 6.45) is 1.71. The molecule has 6 heteroatoms. The van der Waals surface area contributed by atoms with Crippen molar-refractivity contribution >= 4 is 29.3 Å². The zero-order chi connectivity index (χ0) is 13.1. The lowest BCUT2D eigenvalue weighted by Gasteiger charge is -2.35. The van der Waals surface area contributed by atoms with Gasteiger partial charge in [-0.1, -0.05) is 19.9 Å². The van der Waals surface area contributed by atoms with Crippen molar-refractivity contribution < 1.29 is 0 Å². The molecule has 0 aliphatic carbocycles. The summed E-state index contributed by atoms with van der Waals surface area (Å²) in [7, 11) is 0. The summed E-state index contributed by atoms with van der Waals surface area (Å²) in [6, 6.07) is 3.97. The molecule has 1 saturated heterocycles. The fraction of sp³-hybridized carbons (Fsp3) is 0.583. The molecule has 1 aliphatic heterocycles. The summed E-state index contributed by atoms with van der Waals surface area (Å²) in [4.78, 5) is 4.14. The Hall–Kier alpha value is -0.430. The van der Waals surface area contributed by atoms with Gasteiger partial charge in [-0.15, -0.1) is 0 Å². The molecule has 0 spiro atoms. The van der Waals surface area contributed by atoms with Crippen LogP contribution in [0.4, 0.5) is 5.82 Å². The summed E-state index contributed by atoms with van der Waals surface area (Å²) >= 11 is 3.98. The molecule has 0 amide bonds. The van der Waals surface area contributed by atoms with Crippen LogP contribution in [0.25, 0.3) is 0 Å². The summed E-state index contributed by atoms with van der Waals surface area (Å²) in [6.45, 7) is 4.55. The number of anilines is 1. The van der Waals surface area contributed by atoms with Gasteiger partial charge in [-0.3, -0.25) is 11.3 Å². The Balaban J connectivity index is 2.17. The van der Waals surface area contributed by atoms with E-state index in [2.05, 4.69) is 24.3 Å². The van der Waals surface area contributed by atoms with Gasteiger partial charge < -0.3 is 5.73 Å². The van der Waals surface area contributed by atoms with Crippen molar-refractivity contribution in [3.63, 3.8) is 0 Å². The van der Waals surface area contributed by atoms with Crippen molar-refractivity contribution in [1.29, 1.82) is 0 Å². The molecule has 4 atom stereocenters. The van der Waals surface area contributed by atoms with Gasteiger partial charge in [-0.25, -0.2) is 4.98 Å². The number of hydrogen-bond acceptors (Lipinski definition) is 6. The Morgan fingerprint density at radius 2 is 2.22 bits per heavy atom. The number of nitrogens with two attached hydrogens (primary N) is 2. The first kappa shape index (κ1) is 14.0. The van der Waals surface area contributed by atoms with E-state index >= 15 is 0 Å². The third-order valence-electron chi connectivity index (χ3n) is 3.33. The second-order valence-corrected chi connectivity index (χ2v) is 7.57. The number of nitrogens with one attached hydrogen (secondary N) is 1. The Labute approximate surface area is 117 Å². The quantitative estimate of drug-likeness (QED) is 0.580. The first-order chi connectivity index (χ1) is 8.63. The van der Waals surface area contributed by atoms with E-state index in [1.165, 1.54) is 0 Å². The van der Waals surface area contributed by atoms with Crippen molar-refractivity contribution in [3.05, 3.63) is 23.9 Å². The number of hydrazine groups is 1. The largest absolute Gasteiger partial charge is 0.383 e. The number of hydrogen-bond donors (Lipinski definition) is 3. The van der Waals surface area contributed by atoms with Crippen LogP contribution in [0.3, 0.4) is 0 Å². The van der Waals surface area contributed by atoms with Gasteiger partial charge in [0, 0.05) is 33.3 Å². The number of aromatic nitrogens is 1. The summed E-state index contributed by atoms with van der Waals surface area (Å²) in [5, 5.41) is 1.75. The maximum absolute atomic E-state index is 5.94. The van der Waals surface area contributed by atoms with Gasteiger partial charge in [-0.05, 0) is 6.07 Å². The van der Waals surface area contributed by atoms with Crippen LogP contribution in [0.5, 0.6) is 0 Å². The summed E-state index contributed by atoms with van der Waals surface area (Å²) in [5.74, 6) is 7.38. The monoisotopic (exact) mass is 284 g/mol. The molecule has 0 radical (unpaired) electrons. The van der Waals surface area contributed by atoms with Crippen LogP contribution < -0.4 is 17.0 Å². The molecule has 1 aliphatic rings. The van der Waals surface area contributed by atoms with E-state index in [0.29, 0.717) is 21.6 Å². The van der Waals surface area contributed by atoms with E-state index in [1.54, 1.807) is 6.20 Å². The number of nitrogens with zero attached hydrogens (tertiary/aromatic N) is 1. The van der Waals surface area contributed by atoms with E-state index in [1.807, 2.05) is 35.7 Å². The second kappa shape index (κ2) is 6.14. The average molecular weight is 284 g/mol. The molecule has 1 fully saturated rings. The topological polar surface area (TPSA) is 77.0 Å². The fourth-order valence-electron chi connectivity index (χ4n) is 2.07. The lowest BCUT2D eigenvalue weighted by atomic mass is 10.1. The van der Waals surface area contributed by atoms with Gasteiger partial charge in [0.15, 0.2) is 0 Å². The van der Waals surface area contributed by atoms with Gasteiger partial charge in [0.1, 0.15) is 5.82 Å². The van der Waals surface area contributed by atoms with Gasteiger partial charge in [-0.2, -0.15) is 23.5 Å². The van der Waals surface area contributed by atoms with Gasteiger partial charge in [0.05, 0.1) is 6.04 Å². The smallest absolute Gasteiger partial charge is 0.128 e. The number of rotatable bonds is 3. The van der Waals surface area contributed by atoms with Crippen LogP contribution in [0.2, 0.25) is 0 Å². The molecular weight excluding hydrogens is 264 g/mol. The molecule has 4 unspecified atom stereocenters. The predicted molar refractivity (Wildman–Crippen MR) is 81.5 cm³/mol. The molecule has 4 nitrogen and oxygen atoms in total. The van der Waals surface area contributed by atoms with Gasteiger partial charge in [0.25, 0.3) is 0 Å². The maximum Gasteiger partial charge on any atom is 0.128 e. The third-order valence-corrected chi connectivity index (χ3v) is 6.83. The van der Waals surface area contributed by atoms with E-state index in [-0.39, 0.29) is 6.04 Å². The molecule has 0 saturated carbocycles. The maximum atomic E-state index is 5.94. The molecule has 100 valence electrons. The highest BCUT2D eigenvalue weighted by Crippen LogP contribution is 2.41. The Morgan fingerprint density at radius 3 is 2.83 bits per heavy atom. The van der Waals surface area contributed by atoms with E-state index in [9.17, 15) is 0 Å². The number of pyridine rings is 1. The van der Waals surface area contributed by atoms with Crippen molar-refractivity contribution in [1.82, 2.24) is 10.4 Å². The van der Waals surface area contributed by atoms with E-state index in [4.69, 9.17) is 11.6 Å². The highest BCUT2D eigenvalue weighted by atomic mass is 32.2. The summed E-state index contributed by atoms with van der Waals surface area (Å²) < 4.78 is 0. The molecule has 1 aromatic rings. The normalized spacial score (nSPS) is 30.1. The number of thioether (sulfide) groups is 2. The lowest BCUT2D eigenvalue weighted by molar-refractivity contribution is 0.550. The van der Waals surface area contributed by atoms with E-state index < -0.39 is 0 Å². The Morgan fingerprint density at radius 1 is 1.44 bits per heavy atom. The molecule has 0 bridgehead atoms. The van der Waals surface area contributed by atoms with Crippen LogP contribution in [0.1, 0.15) is 25.5 Å². The standard InChI is InChI=1S/C12H20N4S2/c1-7-8(2)18-10(6-17-7)11(16-14)9-4-3-5-15-12(9)13/h3-5,7-8,10-11,16H,6,14H2,1-2H3,(H2,13,15). The molecule has 0 aromatic carbocycles.